The third kappa shape index (κ3) is 2.18. The van der Waals surface area contributed by atoms with Gasteiger partial charge in [-0.05, 0) is 46.2 Å². The van der Waals surface area contributed by atoms with Gasteiger partial charge in [0, 0.05) is 11.7 Å². The molecule has 1 aliphatic heterocycles. The standard InChI is InChI=1S/C13H20BNO3/c1-9-6-10(8-16)15-7-11(9)14-17-12(2,3)13(4,5)18-14/h6-7,16H,8H2,1-5H3. The van der Waals surface area contributed by atoms with Crippen LogP contribution in [0.3, 0.4) is 0 Å². The van der Waals surface area contributed by atoms with Gasteiger partial charge in [0.15, 0.2) is 0 Å². The first-order chi connectivity index (χ1) is 8.27. The van der Waals surface area contributed by atoms with Gasteiger partial charge < -0.3 is 14.4 Å². The summed E-state index contributed by atoms with van der Waals surface area (Å²) in [6.07, 6.45) is 1.73. The molecule has 98 valence electrons. The summed E-state index contributed by atoms with van der Waals surface area (Å²) in [5, 5.41) is 9.06. The third-order valence-electron chi connectivity index (χ3n) is 3.88. The van der Waals surface area contributed by atoms with Crippen molar-refractivity contribution in [1.29, 1.82) is 0 Å². The molecule has 0 spiro atoms. The first-order valence-corrected chi connectivity index (χ1v) is 6.19. The van der Waals surface area contributed by atoms with Crippen LogP contribution in [0.2, 0.25) is 0 Å². The zero-order valence-electron chi connectivity index (χ0n) is 11.7. The number of hydrogen-bond donors (Lipinski definition) is 1. The van der Waals surface area contributed by atoms with Crippen molar-refractivity contribution in [2.45, 2.75) is 52.4 Å². The molecular formula is C13H20BNO3. The summed E-state index contributed by atoms with van der Waals surface area (Å²) in [5.41, 5.74) is 1.91. The van der Waals surface area contributed by atoms with Crippen molar-refractivity contribution in [3.63, 3.8) is 0 Å². The van der Waals surface area contributed by atoms with E-state index in [9.17, 15) is 0 Å². The highest BCUT2D eigenvalue weighted by Crippen LogP contribution is 2.36. The number of aliphatic hydroxyl groups is 1. The van der Waals surface area contributed by atoms with Crippen molar-refractivity contribution in [2.75, 3.05) is 0 Å². The van der Waals surface area contributed by atoms with Crippen LogP contribution < -0.4 is 5.46 Å². The van der Waals surface area contributed by atoms with Crippen molar-refractivity contribution in [3.8, 4) is 0 Å². The number of nitrogens with zero attached hydrogens (tertiary/aromatic N) is 1. The summed E-state index contributed by atoms with van der Waals surface area (Å²) < 4.78 is 12.0. The highest BCUT2D eigenvalue weighted by molar-refractivity contribution is 6.62. The molecule has 1 aromatic heterocycles. The van der Waals surface area contributed by atoms with Gasteiger partial charge in [0.1, 0.15) is 0 Å². The molecule has 0 bridgehead atoms. The van der Waals surface area contributed by atoms with Crippen LogP contribution in [0, 0.1) is 6.92 Å². The maximum absolute atomic E-state index is 9.06. The van der Waals surface area contributed by atoms with Gasteiger partial charge in [-0.3, -0.25) is 4.98 Å². The quantitative estimate of drug-likeness (QED) is 0.799. The van der Waals surface area contributed by atoms with Crippen LogP contribution in [-0.4, -0.2) is 28.4 Å². The minimum atomic E-state index is -0.393. The molecule has 1 saturated heterocycles. The minimum Gasteiger partial charge on any atom is -0.399 e. The lowest BCUT2D eigenvalue weighted by molar-refractivity contribution is 0.00578. The Morgan fingerprint density at radius 1 is 1.22 bits per heavy atom. The van der Waals surface area contributed by atoms with Crippen molar-refractivity contribution in [2.24, 2.45) is 0 Å². The molecule has 0 saturated carbocycles. The van der Waals surface area contributed by atoms with E-state index in [1.165, 1.54) is 0 Å². The lowest BCUT2D eigenvalue weighted by atomic mass is 9.77. The number of rotatable bonds is 2. The normalized spacial score (nSPS) is 21.3. The number of aromatic nitrogens is 1. The summed E-state index contributed by atoms with van der Waals surface area (Å²) in [6, 6.07) is 1.86. The number of hydrogen-bond acceptors (Lipinski definition) is 4. The first kappa shape index (κ1) is 13.5. The van der Waals surface area contributed by atoms with Crippen LogP contribution >= 0.6 is 0 Å². The van der Waals surface area contributed by atoms with Crippen LogP contribution in [0.25, 0.3) is 0 Å². The van der Waals surface area contributed by atoms with Gasteiger partial charge in [-0.15, -0.1) is 0 Å². The highest BCUT2D eigenvalue weighted by Gasteiger charge is 2.52. The Labute approximate surface area is 108 Å². The summed E-state index contributed by atoms with van der Waals surface area (Å²) in [4.78, 5) is 4.19. The van der Waals surface area contributed by atoms with E-state index >= 15 is 0 Å². The van der Waals surface area contributed by atoms with Gasteiger partial charge in [0.05, 0.1) is 23.5 Å². The predicted octanol–water partition coefficient (Wildman–Crippen LogP) is 1.18. The van der Waals surface area contributed by atoms with Crippen molar-refractivity contribution < 1.29 is 14.4 Å². The maximum atomic E-state index is 9.06. The Morgan fingerprint density at radius 2 is 1.78 bits per heavy atom. The molecule has 1 N–H and O–H groups in total. The van der Waals surface area contributed by atoms with E-state index in [4.69, 9.17) is 14.4 Å². The summed E-state index contributed by atoms with van der Waals surface area (Å²) in [5.74, 6) is 0. The lowest BCUT2D eigenvalue weighted by Gasteiger charge is -2.32. The number of pyridine rings is 1. The van der Waals surface area contributed by atoms with Gasteiger partial charge >= 0.3 is 7.12 Å². The molecular weight excluding hydrogens is 229 g/mol. The lowest BCUT2D eigenvalue weighted by Crippen LogP contribution is -2.41. The predicted molar refractivity (Wildman–Crippen MR) is 70.6 cm³/mol. The largest absolute Gasteiger partial charge is 0.496 e. The Hall–Kier alpha value is -0.905. The average molecular weight is 249 g/mol. The Morgan fingerprint density at radius 3 is 2.22 bits per heavy atom. The molecule has 4 nitrogen and oxygen atoms in total. The summed E-state index contributed by atoms with van der Waals surface area (Å²) in [6.45, 7) is 10.0. The molecule has 1 aromatic rings. The molecule has 0 aromatic carbocycles. The van der Waals surface area contributed by atoms with E-state index in [1.54, 1.807) is 6.20 Å². The van der Waals surface area contributed by atoms with Gasteiger partial charge in [0.2, 0.25) is 0 Å². The molecule has 0 atom stereocenters. The van der Waals surface area contributed by atoms with E-state index < -0.39 is 7.12 Å². The molecule has 0 radical (unpaired) electrons. The molecule has 5 heteroatoms. The average Bonchev–Trinajstić information content (AvgIpc) is 2.47. The second-order valence-corrected chi connectivity index (χ2v) is 5.78. The van der Waals surface area contributed by atoms with Gasteiger partial charge in [-0.1, -0.05) is 0 Å². The Balaban J connectivity index is 2.30. The minimum absolute atomic E-state index is 0.0511. The monoisotopic (exact) mass is 249 g/mol. The van der Waals surface area contributed by atoms with Crippen LogP contribution in [0.1, 0.15) is 39.0 Å². The summed E-state index contributed by atoms with van der Waals surface area (Å²) in [7, 11) is -0.393. The fourth-order valence-corrected chi connectivity index (χ4v) is 1.93. The zero-order chi connectivity index (χ0) is 13.6. The third-order valence-corrected chi connectivity index (χ3v) is 3.88. The van der Waals surface area contributed by atoms with Crippen molar-refractivity contribution in [1.82, 2.24) is 4.98 Å². The van der Waals surface area contributed by atoms with Crippen LogP contribution in [-0.2, 0) is 15.9 Å². The van der Waals surface area contributed by atoms with E-state index in [-0.39, 0.29) is 17.8 Å². The fraction of sp³-hybridized carbons (Fsp3) is 0.615. The van der Waals surface area contributed by atoms with E-state index in [1.807, 2.05) is 40.7 Å². The van der Waals surface area contributed by atoms with Gasteiger partial charge in [0.25, 0.3) is 0 Å². The SMILES string of the molecule is Cc1cc(CO)ncc1B1OC(C)(C)C(C)(C)O1. The first-order valence-electron chi connectivity index (χ1n) is 6.19. The molecule has 2 rings (SSSR count). The van der Waals surface area contributed by atoms with Gasteiger partial charge in [-0.2, -0.15) is 0 Å². The molecule has 0 amide bonds. The van der Waals surface area contributed by atoms with Gasteiger partial charge in [-0.25, -0.2) is 0 Å². The molecule has 2 heterocycles. The highest BCUT2D eigenvalue weighted by atomic mass is 16.7. The molecule has 0 unspecified atom stereocenters. The Kier molecular flexibility index (Phi) is 3.26. The molecule has 1 fully saturated rings. The zero-order valence-corrected chi connectivity index (χ0v) is 11.7. The second-order valence-electron chi connectivity index (χ2n) is 5.78. The second kappa shape index (κ2) is 4.33. The van der Waals surface area contributed by atoms with Crippen LogP contribution in [0.5, 0.6) is 0 Å². The Bertz CT molecular complexity index is 444. The maximum Gasteiger partial charge on any atom is 0.496 e. The van der Waals surface area contributed by atoms with Crippen molar-refractivity contribution >= 4 is 12.6 Å². The van der Waals surface area contributed by atoms with E-state index in [0.717, 1.165) is 11.0 Å². The van der Waals surface area contributed by atoms with Crippen molar-refractivity contribution in [3.05, 3.63) is 23.5 Å². The molecule has 18 heavy (non-hydrogen) atoms. The number of aliphatic hydroxyl groups excluding tert-OH is 1. The molecule has 0 aliphatic carbocycles. The number of aryl methyl sites for hydroxylation is 1. The summed E-state index contributed by atoms with van der Waals surface area (Å²) >= 11 is 0. The van der Waals surface area contributed by atoms with Crippen LogP contribution in [0.15, 0.2) is 12.3 Å². The van der Waals surface area contributed by atoms with Crippen LogP contribution in [0.4, 0.5) is 0 Å². The fourth-order valence-electron chi connectivity index (χ4n) is 1.93. The van der Waals surface area contributed by atoms with E-state index in [2.05, 4.69) is 4.98 Å². The smallest absolute Gasteiger partial charge is 0.399 e. The van der Waals surface area contributed by atoms with E-state index in [0.29, 0.717) is 5.69 Å². The molecule has 1 aliphatic rings. The topological polar surface area (TPSA) is 51.6 Å².